The summed E-state index contributed by atoms with van der Waals surface area (Å²) in [6.45, 7) is 1.82. The van der Waals surface area contributed by atoms with Gasteiger partial charge in [-0.1, -0.05) is 66.7 Å². The van der Waals surface area contributed by atoms with Gasteiger partial charge in [-0.3, -0.25) is 4.79 Å². The van der Waals surface area contributed by atoms with Gasteiger partial charge >= 0.3 is 0 Å². The van der Waals surface area contributed by atoms with Crippen LogP contribution in [0.3, 0.4) is 0 Å². The maximum absolute atomic E-state index is 13.2. The van der Waals surface area contributed by atoms with Crippen LogP contribution in [0.15, 0.2) is 83.8 Å². The van der Waals surface area contributed by atoms with Crippen molar-refractivity contribution in [1.82, 2.24) is 4.72 Å². The number of carbonyl (C=O) groups is 1. The molecule has 1 amide bonds. The van der Waals surface area contributed by atoms with E-state index >= 15 is 0 Å². The number of sulfonamides is 1. The van der Waals surface area contributed by atoms with E-state index in [-0.39, 0.29) is 10.8 Å². The summed E-state index contributed by atoms with van der Waals surface area (Å²) in [6, 6.07) is 23.7. The molecule has 5 nitrogen and oxygen atoms in total. The lowest BCUT2D eigenvalue weighted by Crippen LogP contribution is -2.23. The van der Waals surface area contributed by atoms with Crippen molar-refractivity contribution in [2.45, 2.75) is 17.7 Å². The number of rotatable bonds is 6. The Hall–Kier alpha value is -2.96. The number of aryl methyl sites for hydroxylation is 1. The first-order valence-corrected chi connectivity index (χ1v) is 10.4. The molecule has 3 aromatic rings. The van der Waals surface area contributed by atoms with Crippen LogP contribution in [0.2, 0.25) is 0 Å². The number of nitrogens with one attached hydrogen (secondary N) is 2. The van der Waals surface area contributed by atoms with Crippen LogP contribution in [0.1, 0.15) is 22.6 Å². The fraction of sp³-hybridized carbons (Fsp3) is 0.136. The average molecular weight is 394 g/mol. The molecule has 0 spiro atoms. The van der Waals surface area contributed by atoms with Crippen molar-refractivity contribution in [3.05, 3.63) is 95.6 Å². The molecule has 0 saturated heterocycles. The Morgan fingerprint density at radius 2 is 1.39 bits per heavy atom. The molecule has 0 atom stereocenters. The lowest BCUT2D eigenvalue weighted by molar-refractivity contribution is -0.116. The normalized spacial score (nSPS) is 11.4. The third-order valence-electron chi connectivity index (χ3n) is 4.57. The number of hydrogen-bond acceptors (Lipinski definition) is 3. The predicted octanol–water partition coefficient (Wildman–Crippen LogP) is 3.67. The van der Waals surface area contributed by atoms with Crippen LogP contribution in [-0.2, 0) is 14.8 Å². The molecule has 0 aliphatic rings. The van der Waals surface area contributed by atoms with E-state index in [0.717, 1.165) is 16.7 Å². The Kier molecular flexibility index (Phi) is 5.92. The zero-order chi connectivity index (χ0) is 20.1. The van der Waals surface area contributed by atoms with E-state index in [1.807, 2.05) is 67.6 Å². The highest BCUT2D eigenvalue weighted by Gasteiger charge is 2.23. The van der Waals surface area contributed by atoms with Crippen molar-refractivity contribution in [2.75, 3.05) is 12.4 Å². The lowest BCUT2D eigenvalue weighted by Gasteiger charge is -2.19. The molecule has 144 valence electrons. The van der Waals surface area contributed by atoms with E-state index in [9.17, 15) is 13.2 Å². The second-order valence-electron chi connectivity index (χ2n) is 6.43. The second kappa shape index (κ2) is 8.37. The van der Waals surface area contributed by atoms with E-state index in [0.29, 0.717) is 5.69 Å². The fourth-order valence-corrected chi connectivity index (χ4v) is 3.77. The Morgan fingerprint density at radius 1 is 0.857 bits per heavy atom. The van der Waals surface area contributed by atoms with Gasteiger partial charge in [0, 0.05) is 5.69 Å². The molecular formula is C22H22N2O3S. The molecule has 0 bridgehead atoms. The van der Waals surface area contributed by atoms with Gasteiger partial charge < -0.3 is 5.32 Å². The van der Waals surface area contributed by atoms with E-state index in [4.69, 9.17) is 0 Å². The summed E-state index contributed by atoms with van der Waals surface area (Å²) in [5, 5.41) is 2.91. The van der Waals surface area contributed by atoms with Crippen molar-refractivity contribution < 1.29 is 13.2 Å². The maximum atomic E-state index is 13.2. The zero-order valence-corrected chi connectivity index (χ0v) is 16.5. The fourth-order valence-electron chi connectivity index (χ4n) is 3.01. The summed E-state index contributed by atoms with van der Waals surface area (Å²) in [7, 11) is -2.24. The molecule has 0 radical (unpaired) electrons. The smallest absolute Gasteiger partial charge is 0.240 e. The summed E-state index contributed by atoms with van der Waals surface area (Å²) in [5.74, 6) is -0.731. The van der Waals surface area contributed by atoms with Gasteiger partial charge in [0.1, 0.15) is 0 Å². The van der Waals surface area contributed by atoms with E-state index in [1.165, 1.54) is 19.2 Å². The van der Waals surface area contributed by atoms with Gasteiger partial charge in [-0.05, 0) is 42.8 Å². The Morgan fingerprint density at radius 3 is 1.89 bits per heavy atom. The van der Waals surface area contributed by atoms with Gasteiger partial charge in [0.2, 0.25) is 15.9 Å². The average Bonchev–Trinajstić information content (AvgIpc) is 2.71. The highest BCUT2D eigenvalue weighted by molar-refractivity contribution is 7.89. The first-order chi connectivity index (χ1) is 13.4. The number of carbonyl (C=O) groups excluding carboxylic acids is 1. The first kappa shape index (κ1) is 19.8. The Bertz CT molecular complexity index is 1030. The van der Waals surface area contributed by atoms with Gasteiger partial charge in [0.15, 0.2) is 0 Å². The highest BCUT2D eigenvalue weighted by atomic mass is 32.2. The Balaban J connectivity index is 1.99. The Labute approximate surface area is 165 Å². The minimum absolute atomic E-state index is 0.104. The van der Waals surface area contributed by atoms with Gasteiger partial charge in [0.05, 0.1) is 10.8 Å². The summed E-state index contributed by atoms with van der Waals surface area (Å²) in [6.07, 6.45) is 0. The van der Waals surface area contributed by atoms with Gasteiger partial charge in [-0.25, -0.2) is 13.1 Å². The minimum atomic E-state index is -3.60. The molecule has 2 N–H and O–H groups in total. The molecule has 0 saturated carbocycles. The standard InChI is InChI=1S/C22H22N2O3S/c1-16-13-14-19(28(26,27)23-2)15-20(16)24-22(25)21(17-9-5-3-6-10-17)18-11-7-4-8-12-18/h3-15,21,23H,1-2H3,(H,24,25). The monoisotopic (exact) mass is 394 g/mol. The molecule has 0 aliphatic heterocycles. The van der Waals surface area contributed by atoms with Crippen LogP contribution in [0.25, 0.3) is 0 Å². The largest absolute Gasteiger partial charge is 0.325 e. The molecule has 6 heteroatoms. The predicted molar refractivity (Wildman–Crippen MR) is 111 cm³/mol. The summed E-state index contributed by atoms with van der Waals surface area (Å²) >= 11 is 0. The van der Waals surface area contributed by atoms with Crippen molar-refractivity contribution in [2.24, 2.45) is 0 Å². The number of hydrogen-bond donors (Lipinski definition) is 2. The third kappa shape index (κ3) is 4.30. The van der Waals surface area contributed by atoms with E-state index in [2.05, 4.69) is 10.0 Å². The quantitative estimate of drug-likeness (QED) is 0.670. The van der Waals surface area contributed by atoms with Crippen LogP contribution in [0, 0.1) is 6.92 Å². The van der Waals surface area contributed by atoms with Crippen molar-refractivity contribution in [3.8, 4) is 0 Å². The van der Waals surface area contributed by atoms with Crippen LogP contribution in [0.4, 0.5) is 5.69 Å². The van der Waals surface area contributed by atoms with Gasteiger partial charge in [0.25, 0.3) is 0 Å². The van der Waals surface area contributed by atoms with Gasteiger partial charge in [-0.15, -0.1) is 0 Å². The van der Waals surface area contributed by atoms with E-state index in [1.54, 1.807) is 6.07 Å². The topological polar surface area (TPSA) is 75.3 Å². The third-order valence-corrected chi connectivity index (χ3v) is 5.99. The molecular weight excluding hydrogens is 372 g/mol. The SMILES string of the molecule is CNS(=O)(=O)c1ccc(C)c(NC(=O)C(c2ccccc2)c2ccccc2)c1. The molecule has 0 aliphatic carbocycles. The van der Waals surface area contributed by atoms with E-state index < -0.39 is 15.9 Å². The lowest BCUT2D eigenvalue weighted by atomic mass is 9.90. The molecule has 0 unspecified atom stereocenters. The molecule has 28 heavy (non-hydrogen) atoms. The van der Waals surface area contributed by atoms with Crippen LogP contribution in [-0.4, -0.2) is 21.4 Å². The van der Waals surface area contributed by atoms with Crippen molar-refractivity contribution in [1.29, 1.82) is 0 Å². The first-order valence-electron chi connectivity index (χ1n) is 8.87. The zero-order valence-electron chi connectivity index (χ0n) is 15.7. The minimum Gasteiger partial charge on any atom is -0.325 e. The second-order valence-corrected chi connectivity index (χ2v) is 8.31. The maximum Gasteiger partial charge on any atom is 0.240 e. The van der Waals surface area contributed by atoms with Crippen molar-refractivity contribution in [3.63, 3.8) is 0 Å². The van der Waals surface area contributed by atoms with Crippen molar-refractivity contribution >= 4 is 21.6 Å². The van der Waals surface area contributed by atoms with Crippen LogP contribution >= 0.6 is 0 Å². The molecule has 0 heterocycles. The summed E-state index contributed by atoms with van der Waals surface area (Å²) in [5.41, 5.74) is 2.98. The summed E-state index contributed by atoms with van der Waals surface area (Å²) < 4.78 is 26.5. The number of benzene rings is 3. The summed E-state index contributed by atoms with van der Waals surface area (Å²) in [4.78, 5) is 13.3. The van der Waals surface area contributed by atoms with Crippen LogP contribution in [0.5, 0.6) is 0 Å². The number of anilines is 1. The van der Waals surface area contributed by atoms with Crippen LogP contribution < -0.4 is 10.0 Å². The molecule has 0 aromatic heterocycles. The highest BCUT2D eigenvalue weighted by Crippen LogP contribution is 2.28. The molecule has 3 rings (SSSR count). The molecule has 3 aromatic carbocycles. The van der Waals surface area contributed by atoms with Gasteiger partial charge in [-0.2, -0.15) is 0 Å². The number of amides is 1. The molecule has 0 fully saturated rings.